The predicted molar refractivity (Wildman–Crippen MR) is 130 cm³/mol. The quantitative estimate of drug-likeness (QED) is 0.313. The lowest BCUT2D eigenvalue weighted by Crippen LogP contribution is -2.35. The summed E-state index contributed by atoms with van der Waals surface area (Å²) in [5, 5.41) is 2.84. The zero-order chi connectivity index (χ0) is 24.7. The van der Waals surface area contributed by atoms with Gasteiger partial charge in [0.05, 0.1) is 17.7 Å². The van der Waals surface area contributed by atoms with Gasteiger partial charge in [0.15, 0.2) is 6.61 Å². The third-order valence-corrected chi connectivity index (χ3v) is 7.25. The number of hydrogen-bond acceptors (Lipinski definition) is 6. The van der Waals surface area contributed by atoms with E-state index in [1.54, 1.807) is 24.3 Å². The van der Waals surface area contributed by atoms with E-state index in [-0.39, 0.29) is 29.4 Å². The van der Waals surface area contributed by atoms with E-state index in [4.69, 9.17) is 9.15 Å². The largest absolute Gasteiger partial charge is 0.468 e. The van der Waals surface area contributed by atoms with Gasteiger partial charge in [-0.25, -0.2) is 17.9 Å². The van der Waals surface area contributed by atoms with Gasteiger partial charge in [-0.1, -0.05) is 42.5 Å². The zero-order valence-electron chi connectivity index (χ0n) is 19.0. The van der Waals surface area contributed by atoms with Crippen LogP contribution in [0.3, 0.4) is 0 Å². The van der Waals surface area contributed by atoms with Gasteiger partial charge in [0.25, 0.3) is 5.91 Å². The lowest BCUT2D eigenvalue weighted by atomic mass is 9.96. The molecule has 2 N–H and O–H groups in total. The average molecular weight is 495 g/mol. The number of hydrogen-bond donors (Lipinski definition) is 2. The molecule has 0 bridgehead atoms. The summed E-state index contributed by atoms with van der Waals surface area (Å²) in [5.41, 5.74) is 1.79. The molecule has 1 aliphatic carbocycles. The summed E-state index contributed by atoms with van der Waals surface area (Å²) in [7, 11) is -3.70. The molecule has 0 aliphatic heterocycles. The molecule has 1 fully saturated rings. The SMILES string of the molecule is O=C(COC(=O)/C=C/c1ccc(S(=O)(=O)NCc2ccco2)cc1)NCC1(c2ccccc2)CC1. The molecular weight excluding hydrogens is 468 g/mol. The van der Waals surface area contributed by atoms with E-state index in [9.17, 15) is 18.0 Å². The summed E-state index contributed by atoms with van der Waals surface area (Å²) in [6.45, 7) is 0.186. The Morgan fingerprint density at radius 2 is 1.74 bits per heavy atom. The molecule has 8 nitrogen and oxygen atoms in total. The van der Waals surface area contributed by atoms with Crippen molar-refractivity contribution < 1.29 is 27.2 Å². The van der Waals surface area contributed by atoms with Crippen LogP contribution in [0.4, 0.5) is 0 Å². The van der Waals surface area contributed by atoms with Crippen molar-refractivity contribution in [1.82, 2.24) is 10.0 Å². The van der Waals surface area contributed by atoms with Crippen molar-refractivity contribution in [3.63, 3.8) is 0 Å². The molecule has 1 amide bonds. The molecule has 1 aromatic heterocycles. The highest BCUT2D eigenvalue weighted by Crippen LogP contribution is 2.47. The van der Waals surface area contributed by atoms with Gasteiger partial charge in [0.2, 0.25) is 10.0 Å². The molecule has 182 valence electrons. The second-order valence-electron chi connectivity index (χ2n) is 8.34. The average Bonchev–Trinajstić information content (AvgIpc) is 3.49. The highest BCUT2D eigenvalue weighted by molar-refractivity contribution is 7.89. The molecule has 9 heteroatoms. The van der Waals surface area contributed by atoms with Crippen molar-refractivity contribution in [3.05, 3.63) is 96.0 Å². The number of nitrogens with one attached hydrogen (secondary N) is 2. The lowest BCUT2D eigenvalue weighted by Gasteiger charge is -2.16. The molecule has 0 saturated heterocycles. The van der Waals surface area contributed by atoms with Gasteiger partial charge in [-0.05, 0) is 54.3 Å². The van der Waals surface area contributed by atoms with Crippen LogP contribution in [-0.4, -0.2) is 33.4 Å². The van der Waals surface area contributed by atoms with E-state index in [0.717, 1.165) is 12.8 Å². The Morgan fingerprint density at radius 1 is 1.00 bits per heavy atom. The topological polar surface area (TPSA) is 115 Å². The summed E-state index contributed by atoms with van der Waals surface area (Å²) in [5.74, 6) is -0.518. The molecule has 0 atom stereocenters. The fourth-order valence-corrected chi connectivity index (χ4v) is 4.59. The monoisotopic (exact) mass is 494 g/mol. The fourth-order valence-electron chi connectivity index (χ4n) is 3.60. The summed E-state index contributed by atoms with van der Waals surface area (Å²) < 4.78 is 37.3. The highest BCUT2D eigenvalue weighted by Gasteiger charge is 2.44. The first kappa shape index (κ1) is 24.4. The standard InChI is InChI=1S/C26H26N2O6S/c29-24(27-19-26(14-15-26)21-5-2-1-3-6-21)18-34-25(30)13-10-20-8-11-23(12-9-20)35(31,32)28-17-22-7-4-16-33-22/h1-13,16,28H,14-15,17-19H2,(H,27,29)/b13-10+. The molecule has 35 heavy (non-hydrogen) atoms. The Labute approximate surface area is 204 Å². The highest BCUT2D eigenvalue weighted by atomic mass is 32.2. The number of amides is 1. The van der Waals surface area contributed by atoms with Crippen molar-refractivity contribution in [3.8, 4) is 0 Å². The summed E-state index contributed by atoms with van der Waals surface area (Å²) in [4.78, 5) is 24.2. The van der Waals surface area contributed by atoms with Crippen LogP contribution in [0, 0.1) is 0 Å². The van der Waals surface area contributed by atoms with Gasteiger partial charge in [0.1, 0.15) is 5.76 Å². The summed E-state index contributed by atoms with van der Waals surface area (Å²) in [6.07, 6.45) is 6.18. The molecule has 0 radical (unpaired) electrons. The van der Waals surface area contributed by atoms with E-state index in [1.807, 2.05) is 18.2 Å². The molecule has 0 spiro atoms. The van der Waals surface area contributed by atoms with Gasteiger partial charge in [-0.3, -0.25) is 4.79 Å². The van der Waals surface area contributed by atoms with Gasteiger partial charge < -0.3 is 14.5 Å². The van der Waals surface area contributed by atoms with E-state index < -0.39 is 16.0 Å². The van der Waals surface area contributed by atoms with Crippen LogP contribution in [0.2, 0.25) is 0 Å². The molecule has 1 heterocycles. The third-order valence-electron chi connectivity index (χ3n) is 5.83. The zero-order valence-corrected chi connectivity index (χ0v) is 19.8. The van der Waals surface area contributed by atoms with Crippen molar-refractivity contribution in [2.45, 2.75) is 29.7 Å². The predicted octanol–water partition coefficient (Wildman–Crippen LogP) is 3.16. The molecule has 1 saturated carbocycles. The van der Waals surface area contributed by atoms with Crippen molar-refractivity contribution in [2.24, 2.45) is 0 Å². The Hall–Kier alpha value is -3.69. The van der Waals surface area contributed by atoms with Crippen LogP contribution < -0.4 is 10.0 Å². The van der Waals surface area contributed by atoms with E-state index in [2.05, 4.69) is 22.2 Å². The Bertz CT molecular complexity index is 1280. The van der Waals surface area contributed by atoms with Gasteiger partial charge in [0, 0.05) is 18.0 Å². The molecule has 1 aliphatic rings. The molecule has 4 rings (SSSR count). The van der Waals surface area contributed by atoms with Gasteiger partial charge in [-0.15, -0.1) is 0 Å². The van der Waals surface area contributed by atoms with E-state index >= 15 is 0 Å². The van der Waals surface area contributed by atoms with Crippen LogP contribution in [0.15, 0.2) is 88.4 Å². The lowest BCUT2D eigenvalue weighted by molar-refractivity contribution is -0.143. The number of rotatable bonds is 11. The van der Waals surface area contributed by atoms with E-state index in [1.165, 1.54) is 36.1 Å². The number of esters is 1. The van der Waals surface area contributed by atoms with Crippen molar-refractivity contribution in [2.75, 3.05) is 13.2 Å². The maximum Gasteiger partial charge on any atom is 0.331 e. The number of benzene rings is 2. The number of furan rings is 1. The van der Waals surface area contributed by atoms with Crippen LogP contribution in [0.25, 0.3) is 6.08 Å². The third kappa shape index (κ3) is 6.68. The molecule has 0 unspecified atom stereocenters. The molecule has 3 aromatic rings. The van der Waals surface area contributed by atoms with Gasteiger partial charge >= 0.3 is 5.97 Å². The minimum absolute atomic E-state index is 0.0191. The second kappa shape index (κ2) is 10.7. The van der Waals surface area contributed by atoms with Crippen molar-refractivity contribution in [1.29, 1.82) is 0 Å². The molecular formula is C26H26N2O6S. The first-order valence-electron chi connectivity index (χ1n) is 11.2. The Kier molecular flexibility index (Phi) is 7.48. The minimum Gasteiger partial charge on any atom is -0.468 e. The smallest absolute Gasteiger partial charge is 0.331 e. The normalized spacial score (nSPS) is 14.5. The summed E-state index contributed by atoms with van der Waals surface area (Å²) >= 11 is 0. The Balaban J connectivity index is 1.21. The second-order valence-corrected chi connectivity index (χ2v) is 10.1. The van der Waals surface area contributed by atoms with Crippen LogP contribution in [-0.2, 0) is 36.3 Å². The Morgan fingerprint density at radius 3 is 2.40 bits per heavy atom. The van der Waals surface area contributed by atoms with Crippen LogP contribution in [0.5, 0.6) is 0 Å². The number of carbonyl (C=O) groups is 2. The van der Waals surface area contributed by atoms with Crippen LogP contribution >= 0.6 is 0 Å². The number of carbonyl (C=O) groups excluding carboxylic acids is 2. The van der Waals surface area contributed by atoms with Gasteiger partial charge in [-0.2, -0.15) is 0 Å². The molecule has 2 aromatic carbocycles. The maximum absolute atomic E-state index is 12.4. The maximum atomic E-state index is 12.4. The van der Waals surface area contributed by atoms with E-state index in [0.29, 0.717) is 17.9 Å². The first-order chi connectivity index (χ1) is 16.9. The minimum atomic E-state index is -3.70. The fraction of sp³-hybridized carbons (Fsp3) is 0.231. The number of ether oxygens (including phenoxy) is 1. The number of sulfonamides is 1. The van der Waals surface area contributed by atoms with Crippen LogP contribution in [0.1, 0.15) is 29.7 Å². The summed E-state index contributed by atoms with van der Waals surface area (Å²) in [6, 6.07) is 19.4. The van der Waals surface area contributed by atoms with Crippen molar-refractivity contribution >= 4 is 28.0 Å². The first-order valence-corrected chi connectivity index (χ1v) is 12.6.